The molecule has 0 bridgehead atoms. The molecule has 3 N–H and O–H groups in total. The minimum atomic E-state index is 0. The number of hydrogen-bond acceptors (Lipinski definition) is 4. The Morgan fingerprint density at radius 1 is 1.25 bits per heavy atom. The van der Waals surface area contributed by atoms with Gasteiger partial charge in [-0.2, -0.15) is 0 Å². The van der Waals surface area contributed by atoms with Crippen LogP contribution in [0.5, 0.6) is 0 Å². The fraction of sp³-hybridized carbons (Fsp3) is 0.333. The molecule has 0 aromatic carbocycles. The molecular weight excluding hydrogens is 199 g/mol. The lowest BCUT2D eigenvalue weighted by Crippen LogP contribution is -2.14. The van der Waals surface area contributed by atoms with Crippen molar-refractivity contribution in [1.82, 2.24) is 9.97 Å². The van der Waals surface area contributed by atoms with Gasteiger partial charge in [-0.25, -0.2) is 9.97 Å². The molecule has 0 spiro atoms. The van der Waals surface area contributed by atoms with E-state index in [0.29, 0.717) is 19.0 Å². The third kappa shape index (κ3) is 5.12. The Morgan fingerprint density at radius 3 is 2.33 bits per heavy atom. The largest absolute Gasteiger partial charge is 0.353 e. The Bertz CT molecular complexity index is 182. The van der Waals surface area contributed by atoms with Gasteiger partial charge in [0, 0.05) is 25.5 Å². The minimum absolute atomic E-state index is 0. The number of nitrogens with one attached hydrogen (secondary N) is 1. The SMILES string of the molecule is Cl.Cl.NCCNc1ncccn1. The van der Waals surface area contributed by atoms with Gasteiger partial charge in [0.15, 0.2) is 0 Å². The molecule has 0 aliphatic carbocycles. The molecule has 0 amide bonds. The van der Waals surface area contributed by atoms with Crippen LogP contribution in [0, 0.1) is 0 Å². The van der Waals surface area contributed by atoms with Crippen molar-refractivity contribution in [2.45, 2.75) is 0 Å². The average molecular weight is 211 g/mol. The molecule has 1 heterocycles. The Labute approximate surface area is 83.8 Å². The monoisotopic (exact) mass is 210 g/mol. The lowest BCUT2D eigenvalue weighted by molar-refractivity contribution is 0.989. The van der Waals surface area contributed by atoms with E-state index in [2.05, 4.69) is 15.3 Å². The van der Waals surface area contributed by atoms with Crippen LogP contribution in [-0.4, -0.2) is 23.1 Å². The van der Waals surface area contributed by atoms with Crippen LogP contribution in [0.15, 0.2) is 18.5 Å². The molecule has 1 aromatic rings. The van der Waals surface area contributed by atoms with Crippen molar-refractivity contribution in [2.75, 3.05) is 18.4 Å². The molecule has 0 fully saturated rings. The first kappa shape index (κ1) is 14.0. The van der Waals surface area contributed by atoms with E-state index in [1.54, 1.807) is 18.5 Å². The topological polar surface area (TPSA) is 63.8 Å². The van der Waals surface area contributed by atoms with Gasteiger partial charge in [0.25, 0.3) is 0 Å². The summed E-state index contributed by atoms with van der Waals surface area (Å²) >= 11 is 0. The van der Waals surface area contributed by atoms with Gasteiger partial charge in [0.05, 0.1) is 0 Å². The van der Waals surface area contributed by atoms with Crippen LogP contribution in [-0.2, 0) is 0 Å². The predicted molar refractivity (Wildman–Crippen MR) is 54.1 cm³/mol. The Kier molecular flexibility index (Phi) is 9.92. The third-order valence-corrected chi connectivity index (χ3v) is 0.993. The molecule has 70 valence electrons. The first-order valence-corrected chi connectivity index (χ1v) is 3.14. The summed E-state index contributed by atoms with van der Waals surface area (Å²) in [6, 6.07) is 1.77. The van der Waals surface area contributed by atoms with E-state index < -0.39 is 0 Å². The smallest absolute Gasteiger partial charge is 0.222 e. The fourth-order valence-corrected chi connectivity index (χ4v) is 0.574. The van der Waals surface area contributed by atoms with Crippen molar-refractivity contribution in [3.8, 4) is 0 Å². The van der Waals surface area contributed by atoms with Crippen LogP contribution in [0.3, 0.4) is 0 Å². The maximum absolute atomic E-state index is 5.26. The lowest BCUT2D eigenvalue weighted by Gasteiger charge is -1.99. The highest BCUT2D eigenvalue weighted by atomic mass is 35.5. The van der Waals surface area contributed by atoms with Gasteiger partial charge in [0.1, 0.15) is 0 Å². The standard InChI is InChI=1S/C6H10N4.2ClH/c7-2-5-10-6-8-3-1-4-9-6;;/h1,3-4H,2,5,7H2,(H,8,9,10);2*1H. The normalized spacial score (nSPS) is 7.75. The van der Waals surface area contributed by atoms with Crippen molar-refractivity contribution < 1.29 is 0 Å². The van der Waals surface area contributed by atoms with Gasteiger partial charge in [-0.3, -0.25) is 0 Å². The number of anilines is 1. The van der Waals surface area contributed by atoms with Crippen molar-refractivity contribution in [2.24, 2.45) is 5.73 Å². The molecular formula is C6H12Cl2N4. The highest BCUT2D eigenvalue weighted by Crippen LogP contribution is 1.90. The number of aromatic nitrogens is 2. The van der Waals surface area contributed by atoms with Gasteiger partial charge < -0.3 is 11.1 Å². The summed E-state index contributed by atoms with van der Waals surface area (Å²) in [5.41, 5.74) is 5.26. The second-order valence-corrected chi connectivity index (χ2v) is 1.79. The minimum Gasteiger partial charge on any atom is -0.353 e. The molecule has 4 nitrogen and oxygen atoms in total. The van der Waals surface area contributed by atoms with Gasteiger partial charge in [-0.15, -0.1) is 24.8 Å². The molecule has 0 aliphatic rings. The molecule has 6 heteroatoms. The zero-order chi connectivity index (χ0) is 7.23. The van der Waals surface area contributed by atoms with Crippen LogP contribution in [0.2, 0.25) is 0 Å². The van der Waals surface area contributed by atoms with E-state index in [4.69, 9.17) is 5.73 Å². The van der Waals surface area contributed by atoms with Crippen molar-refractivity contribution in [3.63, 3.8) is 0 Å². The average Bonchev–Trinajstić information content (AvgIpc) is 2.03. The summed E-state index contributed by atoms with van der Waals surface area (Å²) < 4.78 is 0. The van der Waals surface area contributed by atoms with Crippen molar-refractivity contribution in [1.29, 1.82) is 0 Å². The maximum atomic E-state index is 5.26. The predicted octanol–water partition coefficient (Wildman–Crippen LogP) is 0.691. The molecule has 0 saturated carbocycles. The Hall–Kier alpha value is -0.580. The van der Waals surface area contributed by atoms with E-state index in [1.165, 1.54) is 0 Å². The quantitative estimate of drug-likeness (QED) is 0.772. The van der Waals surface area contributed by atoms with E-state index in [0.717, 1.165) is 0 Å². The summed E-state index contributed by atoms with van der Waals surface area (Å²) in [7, 11) is 0. The van der Waals surface area contributed by atoms with Crippen LogP contribution < -0.4 is 11.1 Å². The molecule has 0 unspecified atom stereocenters. The van der Waals surface area contributed by atoms with Gasteiger partial charge >= 0.3 is 0 Å². The van der Waals surface area contributed by atoms with Gasteiger partial charge in [-0.05, 0) is 6.07 Å². The zero-order valence-electron chi connectivity index (χ0n) is 6.43. The summed E-state index contributed by atoms with van der Waals surface area (Å²) in [6.07, 6.45) is 3.37. The maximum Gasteiger partial charge on any atom is 0.222 e. The first-order valence-electron chi connectivity index (χ1n) is 3.14. The first-order chi connectivity index (χ1) is 4.93. The molecule has 1 aromatic heterocycles. The van der Waals surface area contributed by atoms with Gasteiger partial charge in [0.2, 0.25) is 5.95 Å². The number of hydrogen-bond donors (Lipinski definition) is 2. The van der Waals surface area contributed by atoms with Crippen LogP contribution in [0.25, 0.3) is 0 Å². The zero-order valence-corrected chi connectivity index (χ0v) is 8.07. The summed E-state index contributed by atoms with van der Waals surface area (Å²) in [5.74, 6) is 0.632. The fourth-order valence-electron chi connectivity index (χ4n) is 0.574. The molecule has 0 atom stereocenters. The second kappa shape index (κ2) is 8.52. The van der Waals surface area contributed by atoms with Crippen molar-refractivity contribution in [3.05, 3.63) is 18.5 Å². The summed E-state index contributed by atoms with van der Waals surface area (Å²) in [5, 5.41) is 2.95. The number of nitrogens with two attached hydrogens (primary N) is 1. The van der Waals surface area contributed by atoms with E-state index in [1.807, 2.05) is 0 Å². The number of rotatable bonds is 3. The lowest BCUT2D eigenvalue weighted by atomic mass is 10.6. The van der Waals surface area contributed by atoms with Gasteiger partial charge in [-0.1, -0.05) is 0 Å². The Balaban J connectivity index is 0. The molecule has 12 heavy (non-hydrogen) atoms. The second-order valence-electron chi connectivity index (χ2n) is 1.79. The third-order valence-electron chi connectivity index (χ3n) is 0.993. The van der Waals surface area contributed by atoms with E-state index in [9.17, 15) is 0 Å². The van der Waals surface area contributed by atoms with Crippen LogP contribution >= 0.6 is 24.8 Å². The summed E-state index contributed by atoms with van der Waals surface area (Å²) in [4.78, 5) is 7.88. The number of nitrogens with zero attached hydrogens (tertiary/aromatic N) is 2. The molecule has 0 aliphatic heterocycles. The van der Waals surface area contributed by atoms with E-state index in [-0.39, 0.29) is 24.8 Å². The molecule has 0 saturated heterocycles. The van der Waals surface area contributed by atoms with Crippen molar-refractivity contribution >= 4 is 30.8 Å². The molecule has 0 radical (unpaired) electrons. The van der Waals surface area contributed by atoms with Crippen LogP contribution in [0.4, 0.5) is 5.95 Å². The summed E-state index contributed by atoms with van der Waals surface area (Å²) in [6.45, 7) is 1.31. The van der Waals surface area contributed by atoms with Crippen LogP contribution in [0.1, 0.15) is 0 Å². The highest BCUT2D eigenvalue weighted by molar-refractivity contribution is 5.85. The Morgan fingerprint density at radius 2 is 1.83 bits per heavy atom. The van der Waals surface area contributed by atoms with E-state index >= 15 is 0 Å². The number of halogens is 2. The highest BCUT2D eigenvalue weighted by Gasteiger charge is 1.87. The molecule has 1 rings (SSSR count).